The Morgan fingerprint density at radius 1 is 1.15 bits per heavy atom. The van der Waals surface area contributed by atoms with Gasteiger partial charge >= 0.3 is 0 Å². The molecule has 102 valence electrons. The van der Waals surface area contributed by atoms with Crippen molar-refractivity contribution in [3.63, 3.8) is 0 Å². The highest BCUT2D eigenvalue weighted by molar-refractivity contribution is 5.77. The van der Waals surface area contributed by atoms with E-state index in [1.807, 2.05) is 55.6 Å². The summed E-state index contributed by atoms with van der Waals surface area (Å²) >= 11 is 0. The molecule has 0 aliphatic carbocycles. The number of aryl methyl sites for hydroxylation is 1. The number of nitrogens with one attached hydrogen (secondary N) is 1. The van der Waals surface area contributed by atoms with Crippen LogP contribution in [0.25, 0.3) is 11.0 Å². The predicted molar refractivity (Wildman–Crippen MR) is 81.0 cm³/mol. The van der Waals surface area contributed by atoms with Crippen LogP contribution in [0.2, 0.25) is 0 Å². The van der Waals surface area contributed by atoms with Gasteiger partial charge in [0.25, 0.3) is 0 Å². The maximum atomic E-state index is 5.24. The average molecular weight is 267 g/mol. The van der Waals surface area contributed by atoms with Crippen molar-refractivity contribution in [2.45, 2.75) is 6.54 Å². The molecule has 0 unspecified atom stereocenters. The summed E-state index contributed by atoms with van der Waals surface area (Å²) < 4.78 is 7.34. The number of aromatic nitrogens is 2. The van der Waals surface area contributed by atoms with Gasteiger partial charge in [-0.1, -0.05) is 18.2 Å². The number of imidazole rings is 1. The van der Waals surface area contributed by atoms with Gasteiger partial charge < -0.3 is 14.6 Å². The fraction of sp³-hybridized carbons (Fsp3) is 0.188. The van der Waals surface area contributed by atoms with Crippen molar-refractivity contribution in [1.29, 1.82) is 0 Å². The van der Waals surface area contributed by atoms with Crippen molar-refractivity contribution in [3.05, 3.63) is 54.4 Å². The van der Waals surface area contributed by atoms with E-state index < -0.39 is 0 Å². The van der Waals surface area contributed by atoms with Crippen LogP contribution >= 0.6 is 0 Å². The molecule has 0 atom stereocenters. The third-order valence-electron chi connectivity index (χ3n) is 3.41. The molecule has 0 fully saturated rings. The van der Waals surface area contributed by atoms with E-state index >= 15 is 0 Å². The summed E-state index contributed by atoms with van der Waals surface area (Å²) in [6.45, 7) is 0.692. The first-order chi connectivity index (χ1) is 9.78. The molecule has 20 heavy (non-hydrogen) atoms. The van der Waals surface area contributed by atoms with Gasteiger partial charge in [-0.25, -0.2) is 4.98 Å². The van der Waals surface area contributed by atoms with Crippen molar-refractivity contribution in [2.24, 2.45) is 7.05 Å². The normalized spacial score (nSPS) is 10.7. The summed E-state index contributed by atoms with van der Waals surface area (Å²) in [5.41, 5.74) is 3.16. The molecule has 1 aromatic heterocycles. The van der Waals surface area contributed by atoms with Gasteiger partial charge in [0, 0.05) is 18.8 Å². The highest BCUT2D eigenvalue weighted by Gasteiger charge is 2.08. The Morgan fingerprint density at radius 2 is 1.95 bits per heavy atom. The summed E-state index contributed by atoms with van der Waals surface area (Å²) in [6, 6.07) is 16.1. The summed E-state index contributed by atoms with van der Waals surface area (Å²) in [4.78, 5) is 4.66. The molecule has 0 amide bonds. The zero-order valence-corrected chi connectivity index (χ0v) is 11.6. The Balaban J connectivity index is 1.86. The molecular formula is C16H17N3O. The van der Waals surface area contributed by atoms with Crippen LogP contribution in [-0.4, -0.2) is 16.7 Å². The van der Waals surface area contributed by atoms with Gasteiger partial charge in [0.05, 0.1) is 24.7 Å². The molecule has 4 heteroatoms. The lowest BCUT2D eigenvalue weighted by Gasteiger charge is -2.06. The van der Waals surface area contributed by atoms with Crippen molar-refractivity contribution in [3.8, 4) is 5.75 Å². The number of para-hydroxylation sites is 1. The van der Waals surface area contributed by atoms with Gasteiger partial charge in [-0.2, -0.15) is 0 Å². The van der Waals surface area contributed by atoms with Crippen molar-refractivity contribution in [2.75, 3.05) is 12.4 Å². The number of ether oxygens (including phenoxy) is 1. The molecule has 1 N–H and O–H groups in total. The molecule has 4 nitrogen and oxygen atoms in total. The standard InChI is InChI=1S/C16H17N3O/c1-19-15-9-8-13(20-2)10-14(15)18-16(19)11-17-12-6-4-3-5-7-12/h3-10,17H,11H2,1-2H3. The van der Waals surface area contributed by atoms with Gasteiger partial charge in [-0.15, -0.1) is 0 Å². The fourth-order valence-corrected chi connectivity index (χ4v) is 2.25. The smallest absolute Gasteiger partial charge is 0.128 e. The number of hydrogen-bond acceptors (Lipinski definition) is 3. The Bertz CT molecular complexity index is 719. The molecule has 0 bridgehead atoms. The quantitative estimate of drug-likeness (QED) is 0.789. The van der Waals surface area contributed by atoms with Crippen LogP contribution in [0.5, 0.6) is 5.75 Å². The van der Waals surface area contributed by atoms with Crippen molar-refractivity contribution < 1.29 is 4.74 Å². The Morgan fingerprint density at radius 3 is 2.70 bits per heavy atom. The van der Waals surface area contributed by atoms with E-state index in [4.69, 9.17) is 4.74 Å². The number of anilines is 1. The van der Waals surface area contributed by atoms with Crippen LogP contribution in [-0.2, 0) is 13.6 Å². The molecule has 0 saturated heterocycles. The second kappa shape index (κ2) is 5.25. The first-order valence-electron chi connectivity index (χ1n) is 6.56. The number of hydrogen-bond donors (Lipinski definition) is 1. The maximum Gasteiger partial charge on any atom is 0.128 e. The minimum atomic E-state index is 0.692. The first kappa shape index (κ1) is 12.5. The SMILES string of the molecule is COc1ccc2c(c1)nc(CNc1ccccc1)n2C. The molecule has 1 heterocycles. The topological polar surface area (TPSA) is 39.1 Å². The second-order valence-electron chi connectivity index (χ2n) is 4.66. The fourth-order valence-electron chi connectivity index (χ4n) is 2.25. The van der Waals surface area contributed by atoms with E-state index in [0.717, 1.165) is 28.3 Å². The van der Waals surface area contributed by atoms with Crippen LogP contribution < -0.4 is 10.1 Å². The average Bonchev–Trinajstić information content (AvgIpc) is 2.82. The van der Waals surface area contributed by atoms with Crippen LogP contribution in [0.15, 0.2) is 48.5 Å². The lowest BCUT2D eigenvalue weighted by Crippen LogP contribution is -2.05. The van der Waals surface area contributed by atoms with E-state index in [-0.39, 0.29) is 0 Å². The molecule has 3 aromatic rings. The molecule has 3 rings (SSSR count). The Labute approximate surface area is 118 Å². The van der Waals surface area contributed by atoms with Gasteiger partial charge in [-0.3, -0.25) is 0 Å². The van der Waals surface area contributed by atoms with Crippen molar-refractivity contribution in [1.82, 2.24) is 9.55 Å². The second-order valence-corrected chi connectivity index (χ2v) is 4.66. The van der Waals surface area contributed by atoms with Crippen LogP contribution in [0, 0.1) is 0 Å². The zero-order valence-electron chi connectivity index (χ0n) is 11.6. The number of rotatable bonds is 4. The molecule has 0 aliphatic rings. The highest BCUT2D eigenvalue weighted by atomic mass is 16.5. The number of methoxy groups -OCH3 is 1. The van der Waals surface area contributed by atoms with Crippen LogP contribution in [0.3, 0.4) is 0 Å². The van der Waals surface area contributed by atoms with E-state index in [1.54, 1.807) is 7.11 Å². The van der Waals surface area contributed by atoms with E-state index in [0.29, 0.717) is 6.54 Å². The first-order valence-corrected chi connectivity index (χ1v) is 6.56. The summed E-state index contributed by atoms with van der Waals surface area (Å²) in [5.74, 6) is 1.83. The summed E-state index contributed by atoms with van der Waals surface area (Å²) in [6.07, 6.45) is 0. The number of benzene rings is 2. The third kappa shape index (κ3) is 2.32. The number of nitrogens with zero attached hydrogens (tertiary/aromatic N) is 2. The van der Waals surface area contributed by atoms with E-state index in [2.05, 4.69) is 14.9 Å². The maximum absolute atomic E-state index is 5.24. The molecule has 0 aliphatic heterocycles. The van der Waals surface area contributed by atoms with Gasteiger partial charge in [-0.05, 0) is 24.3 Å². The molecule has 0 radical (unpaired) electrons. The molecule has 0 spiro atoms. The zero-order chi connectivity index (χ0) is 13.9. The lowest BCUT2D eigenvalue weighted by molar-refractivity contribution is 0.415. The van der Waals surface area contributed by atoms with E-state index in [1.165, 1.54) is 0 Å². The molecule has 0 saturated carbocycles. The van der Waals surface area contributed by atoms with Crippen LogP contribution in [0.4, 0.5) is 5.69 Å². The Hall–Kier alpha value is -2.49. The van der Waals surface area contributed by atoms with Crippen LogP contribution in [0.1, 0.15) is 5.82 Å². The van der Waals surface area contributed by atoms with E-state index in [9.17, 15) is 0 Å². The lowest BCUT2D eigenvalue weighted by atomic mass is 10.3. The van der Waals surface area contributed by atoms with Gasteiger partial charge in [0.1, 0.15) is 11.6 Å². The minimum Gasteiger partial charge on any atom is -0.497 e. The largest absolute Gasteiger partial charge is 0.497 e. The predicted octanol–water partition coefficient (Wildman–Crippen LogP) is 3.19. The number of fused-ring (bicyclic) bond motifs is 1. The summed E-state index contributed by atoms with van der Waals surface area (Å²) in [7, 11) is 3.70. The third-order valence-corrected chi connectivity index (χ3v) is 3.41. The Kier molecular flexibility index (Phi) is 3.29. The molecule has 2 aromatic carbocycles. The summed E-state index contributed by atoms with van der Waals surface area (Å²) in [5, 5.41) is 3.38. The van der Waals surface area contributed by atoms with Crippen molar-refractivity contribution >= 4 is 16.7 Å². The molecular weight excluding hydrogens is 250 g/mol. The van der Waals surface area contributed by atoms with Gasteiger partial charge in [0.15, 0.2) is 0 Å². The van der Waals surface area contributed by atoms with Gasteiger partial charge in [0.2, 0.25) is 0 Å². The monoisotopic (exact) mass is 267 g/mol. The minimum absolute atomic E-state index is 0.692. The highest BCUT2D eigenvalue weighted by Crippen LogP contribution is 2.21.